The Kier molecular flexibility index (Phi) is 5.18. The third kappa shape index (κ3) is 3.85. The van der Waals surface area contributed by atoms with Crippen LogP contribution in [0.1, 0.15) is 23.9 Å². The highest BCUT2D eigenvalue weighted by Crippen LogP contribution is 2.24. The van der Waals surface area contributed by atoms with Crippen molar-refractivity contribution in [3.8, 4) is 0 Å². The lowest BCUT2D eigenvalue weighted by Crippen LogP contribution is -2.23. The molecule has 1 amide bonds. The first-order valence-corrected chi connectivity index (χ1v) is 7.72. The van der Waals surface area contributed by atoms with Gasteiger partial charge in [0, 0.05) is 17.4 Å². The van der Waals surface area contributed by atoms with Gasteiger partial charge in [0.15, 0.2) is 0 Å². The van der Waals surface area contributed by atoms with Gasteiger partial charge in [-0.3, -0.25) is 4.79 Å². The largest absolute Gasteiger partial charge is 0.361 e. The standard InChI is InChI=1S/C15H16F2N2O2S/c1-8-12(9(2)21-19-8)7-22-10(3)15(20)18-14-5-4-11(16)6-13(14)17/h4-6,10H,7H2,1-3H3,(H,18,20). The highest BCUT2D eigenvalue weighted by Gasteiger charge is 2.18. The molecule has 0 aliphatic rings. The van der Waals surface area contributed by atoms with Gasteiger partial charge in [-0.2, -0.15) is 0 Å². The molecule has 0 aliphatic carbocycles. The summed E-state index contributed by atoms with van der Waals surface area (Å²) in [7, 11) is 0. The highest BCUT2D eigenvalue weighted by atomic mass is 32.2. The predicted octanol–water partition coefficient (Wildman–Crippen LogP) is 3.83. The van der Waals surface area contributed by atoms with Gasteiger partial charge in [-0.1, -0.05) is 5.16 Å². The smallest absolute Gasteiger partial charge is 0.237 e. The van der Waals surface area contributed by atoms with E-state index in [1.54, 1.807) is 6.92 Å². The molecule has 1 aromatic carbocycles. The second kappa shape index (κ2) is 6.91. The number of thioether (sulfide) groups is 1. The number of rotatable bonds is 5. The zero-order valence-corrected chi connectivity index (χ0v) is 13.3. The van der Waals surface area contributed by atoms with Crippen LogP contribution in [0.4, 0.5) is 14.5 Å². The molecule has 1 N–H and O–H groups in total. The van der Waals surface area contributed by atoms with Crippen LogP contribution in [0.2, 0.25) is 0 Å². The number of nitrogens with zero attached hydrogens (tertiary/aromatic N) is 1. The van der Waals surface area contributed by atoms with Crippen molar-refractivity contribution in [3.05, 3.63) is 46.9 Å². The molecule has 0 saturated carbocycles. The van der Waals surface area contributed by atoms with Crippen molar-refractivity contribution in [2.75, 3.05) is 5.32 Å². The number of nitrogens with one attached hydrogen (secondary N) is 1. The van der Waals surface area contributed by atoms with Crippen molar-refractivity contribution in [1.29, 1.82) is 0 Å². The predicted molar refractivity (Wildman–Crippen MR) is 81.7 cm³/mol. The molecule has 22 heavy (non-hydrogen) atoms. The third-order valence-corrected chi connectivity index (χ3v) is 4.39. The number of aromatic nitrogens is 1. The van der Waals surface area contributed by atoms with E-state index < -0.39 is 16.9 Å². The van der Waals surface area contributed by atoms with Gasteiger partial charge in [-0.15, -0.1) is 11.8 Å². The average molecular weight is 326 g/mol. The lowest BCUT2D eigenvalue weighted by molar-refractivity contribution is -0.115. The summed E-state index contributed by atoms with van der Waals surface area (Å²) in [6.07, 6.45) is 0. The molecule has 0 bridgehead atoms. The molecule has 2 aromatic rings. The van der Waals surface area contributed by atoms with Crippen molar-refractivity contribution in [2.45, 2.75) is 31.8 Å². The summed E-state index contributed by atoms with van der Waals surface area (Å²) in [6.45, 7) is 5.37. The highest BCUT2D eigenvalue weighted by molar-refractivity contribution is 7.99. The summed E-state index contributed by atoms with van der Waals surface area (Å²) in [4.78, 5) is 12.0. The number of benzene rings is 1. The topological polar surface area (TPSA) is 55.1 Å². The fourth-order valence-electron chi connectivity index (χ4n) is 1.82. The first kappa shape index (κ1) is 16.5. The minimum atomic E-state index is -0.795. The van der Waals surface area contributed by atoms with Crippen molar-refractivity contribution >= 4 is 23.4 Å². The SMILES string of the molecule is Cc1noc(C)c1CSC(C)C(=O)Nc1ccc(F)cc1F. The van der Waals surface area contributed by atoms with E-state index in [0.29, 0.717) is 5.75 Å². The molecule has 0 radical (unpaired) electrons. The number of hydrogen-bond donors (Lipinski definition) is 1. The number of amides is 1. The normalized spacial score (nSPS) is 12.2. The van der Waals surface area contributed by atoms with Crippen molar-refractivity contribution < 1.29 is 18.1 Å². The lowest BCUT2D eigenvalue weighted by Gasteiger charge is -2.12. The quantitative estimate of drug-likeness (QED) is 0.907. The van der Waals surface area contributed by atoms with Crippen LogP contribution >= 0.6 is 11.8 Å². The van der Waals surface area contributed by atoms with E-state index in [2.05, 4.69) is 10.5 Å². The minimum Gasteiger partial charge on any atom is -0.361 e. The van der Waals surface area contributed by atoms with Gasteiger partial charge in [-0.05, 0) is 32.9 Å². The van der Waals surface area contributed by atoms with Crippen LogP contribution in [-0.4, -0.2) is 16.3 Å². The minimum absolute atomic E-state index is 0.0313. The van der Waals surface area contributed by atoms with Crippen LogP contribution in [0.15, 0.2) is 22.7 Å². The fraction of sp³-hybridized carbons (Fsp3) is 0.333. The Morgan fingerprint density at radius 3 is 2.73 bits per heavy atom. The van der Waals surface area contributed by atoms with Crippen molar-refractivity contribution in [2.24, 2.45) is 0 Å². The number of hydrogen-bond acceptors (Lipinski definition) is 4. The van der Waals surface area contributed by atoms with E-state index in [4.69, 9.17) is 4.52 Å². The maximum absolute atomic E-state index is 13.5. The second-order valence-electron chi connectivity index (χ2n) is 4.87. The fourth-order valence-corrected chi connectivity index (χ4v) is 2.86. The van der Waals surface area contributed by atoms with Crippen LogP contribution in [0, 0.1) is 25.5 Å². The van der Waals surface area contributed by atoms with E-state index in [1.165, 1.54) is 17.8 Å². The molecule has 2 rings (SSSR count). The molecule has 1 aromatic heterocycles. The maximum atomic E-state index is 13.5. The molecule has 7 heteroatoms. The van der Waals surface area contributed by atoms with Crippen LogP contribution in [-0.2, 0) is 10.5 Å². The third-order valence-electron chi connectivity index (χ3n) is 3.22. The summed E-state index contributed by atoms with van der Waals surface area (Å²) in [6, 6.07) is 3.03. The molecular formula is C15H16F2N2O2S. The first-order valence-electron chi connectivity index (χ1n) is 6.67. The lowest BCUT2D eigenvalue weighted by atomic mass is 10.2. The van der Waals surface area contributed by atoms with Gasteiger partial charge in [0.05, 0.1) is 16.6 Å². The Bertz CT molecular complexity index is 669. The van der Waals surface area contributed by atoms with Crippen molar-refractivity contribution in [1.82, 2.24) is 5.16 Å². The second-order valence-corrected chi connectivity index (χ2v) is 6.20. The zero-order valence-electron chi connectivity index (χ0n) is 12.4. The summed E-state index contributed by atoms with van der Waals surface area (Å²) in [5.41, 5.74) is 1.72. The van der Waals surface area contributed by atoms with E-state index >= 15 is 0 Å². The molecule has 0 spiro atoms. The molecule has 0 aliphatic heterocycles. The molecule has 1 unspecified atom stereocenters. The molecule has 0 saturated heterocycles. The van der Waals surface area contributed by atoms with E-state index in [0.717, 1.165) is 29.2 Å². The van der Waals surface area contributed by atoms with E-state index in [9.17, 15) is 13.6 Å². The Morgan fingerprint density at radius 1 is 1.41 bits per heavy atom. The maximum Gasteiger partial charge on any atom is 0.237 e. The molecule has 0 fully saturated rings. The summed E-state index contributed by atoms with van der Waals surface area (Å²) >= 11 is 1.39. The van der Waals surface area contributed by atoms with Gasteiger partial charge >= 0.3 is 0 Å². The van der Waals surface area contributed by atoms with Crippen molar-refractivity contribution in [3.63, 3.8) is 0 Å². The first-order chi connectivity index (χ1) is 10.4. The Morgan fingerprint density at radius 2 is 2.14 bits per heavy atom. The van der Waals surface area contributed by atoms with E-state index in [1.807, 2.05) is 13.8 Å². The summed E-state index contributed by atoms with van der Waals surface area (Å²) in [5, 5.41) is 5.90. The summed E-state index contributed by atoms with van der Waals surface area (Å²) in [5.74, 6) is -0.529. The van der Waals surface area contributed by atoms with Crippen LogP contribution in [0.5, 0.6) is 0 Å². The molecule has 118 valence electrons. The van der Waals surface area contributed by atoms with Gasteiger partial charge in [0.25, 0.3) is 0 Å². The Hall–Kier alpha value is -1.89. The monoisotopic (exact) mass is 326 g/mol. The summed E-state index contributed by atoms with van der Waals surface area (Å²) < 4.78 is 31.4. The zero-order chi connectivity index (χ0) is 16.3. The van der Waals surface area contributed by atoms with E-state index in [-0.39, 0.29) is 11.6 Å². The number of carbonyl (C=O) groups excluding carboxylic acids is 1. The number of halogens is 2. The van der Waals surface area contributed by atoms with Gasteiger partial charge in [0.2, 0.25) is 5.91 Å². The molecule has 1 atom stereocenters. The van der Waals surface area contributed by atoms with Crippen LogP contribution in [0.3, 0.4) is 0 Å². The molecular weight excluding hydrogens is 310 g/mol. The molecule has 4 nitrogen and oxygen atoms in total. The van der Waals surface area contributed by atoms with Gasteiger partial charge in [0.1, 0.15) is 17.4 Å². The van der Waals surface area contributed by atoms with Gasteiger partial charge < -0.3 is 9.84 Å². The Balaban J connectivity index is 1.95. The number of aryl methyl sites for hydroxylation is 2. The average Bonchev–Trinajstić information content (AvgIpc) is 2.78. The van der Waals surface area contributed by atoms with Gasteiger partial charge in [-0.25, -0.2) is 8.78 Å². The van der Waals surface area contributed by atoms with Crippen LogP contribution < -0.4 is 5.32 Å². The molecule has 1 heterocycles. The Labute approximate surface area is 131 Å². The number of carbonyl (C=O) groups is 1. The number of anilines is 1. The van der Waals surface area contributed by atoms with Crippen LogP contribution in [0.25, 0.3) is 0 Å².